The van der Waals surface area contributed by atoms with Gasteiger partial charge in [0, 0.05) is 5.56 Å². The normalized spacial score (nSPS) is 20.1. The number of anilines is 1. The lowest BCUT2D eigenvalue weighted by atomic mass is 10.2. The van der Waals surface area contributed by atoms with Gasteiger partial charge >= 0.3 is 6.09 Å². The van der Waals surface area contributed by atoms with E-state index in [9.17, 15) is 13.6 Å². The lowest BCUT2D eigenvalue weighted by molar-refractivity contribution is 0.150. The number of hydrogen-bond donors (Lipinski definition) is 0. The second-order valence-electron chi connectivity index (χ2n) is 3.84. The van der Waals surface area contributed by atoms with Crippen LogP contribution in [0.1, 0.15) is 12.5 Å². The number of nitrogens with zero attached hydrogens (tertiary/aromatic N) is 1. The van der Waals surface area contributed by atoms with Gasteiger partial charge in [0.05, 0.1) is 12.2 Å². The van der Waals surface area contributed by atoms with Crippen molar-refractivity contribution in [1.29, 1.82) is 0 Å². The van der Waals surface area contributed by atoms with E-state index in [4.69, 9.17) is 4.74 Å². The van der Waals surface area contributed by atoms with E-state index < -0.39 is 17.7 Å². The highest BCUT2D eigenvalue weighted by Crippen LogP contribution is 2.25. The molecule has 0 N–H and O–H groups in total. The molecule has 3 nitrogen and oxygen atoms in total. The van der Waals surface area contributed by atoms with E-state index in [0.29, 0.717) is 6.54 Å². The second kappa shape index (κ2) is 3.73. The van der Waals surface area contributed by atoms with Crippen LogP contribution in [0.2, 0.25) is 0 Å². The average molecular weight is 227 g/mol. The van der Waals surface area contributed by atoms with Gasteiger partial charge in [-0.15, -0.1) is 0 Å². The number of amides is 1. The van der Waals surface area contributed by atoms with Crippen molar-refractivity contribution in [1.82, 2.24) is 0 Å². The largest absolute Gasteiger partial charge is 0.444 e. The molecule has 1 aromatic carbocycles. The van der Waals surface area contributed by atoms with Crippen molar-refractivity contribution in [3.05, 3.63) is 29.3 Å². The Morgan fingerprint density at radius 2 is 1.94 bits per heavy atom. The minimum absolute atomic E-state index is 0.0515. The number of cyclic esters (lactones) is 1. The van der Waals surface area contributed by atoms with Gasteiger partial charge in [0.15, 0.2) is 0 Å². The van der Waals surface area contributed by atoms with Crippen LogP contribution in [0.4, 0.5) is 19.3 Å². The highest BCUT2D eigenvalue weighted by atomic mass is 19.1. The minimum Gasteiger partial charge on any atom is -0.444 e. The molecule has 1 heterocycles. The molecular formula is C11H11F2NO2. The first-order chi connectivity index (χ1) is 7.49. The Kier molecular flexibility index (Phi) is 2.53. The standard InChI is InChI=1S/C11H11F2NO2/c1-6-5-14(11(15)16-6)8-3-9(12)7(2)10(13)4-8/h3-4,6H,5H2,1-2H3. The van der Waals surface area contributed by atoms with E-state index in [1.807, 2.05) is 0 Å². The number of carbonyl (C=O) groups is 1. The fourth-order valence-corrected chi connectivity index (χ4v) is 1.60. The van der Waals surface area contributed by atoms with Gasteiger partial charge < -0.3 is 4.74 Å². The number of ether oxygens (including phenoxy) is 1. The van der Waals surface area contributed by atoms with Crippen LogP contribution >= 0.6 is 0 Å². The third kappa shape index (κ3) is 1.73. The molecule has 1 atom stereocenters. The summed E-state index contributed by atoms with van der Waals surface area (Å²) >= 11 is 0. The van der Waals surface area contributed by atoms with Crippen molar-refractivity contribution in [3.63, 3.8) is 0 Å². The number of halogens is 2. The molecule has 0 saturated carbocycles. The van der Waals surface area contributed by atoms with Crippen molar-refractivity contribution < 1.29 is 18.3 Å². The Hall–Kier alpha value is -1.65. The summed E-state index contributed by atoms with van der Waals surface area (Å²) < 4.78 is 31.5. The Morgan fingerprint density at radius 1 is 1.38 bits per heavy atom. The van der Waals surface area contributed by atoms with Gasteiger partial charge in [0.2, 0.25) is 0 Å². The lowest BCUT2D eigenvalue weighted by Gasteiger charge is -2.13. The second-order valence-corrected chi connectivity index (χ2v) is 3.84. The Morgan fingerprint density at radius 3 is 2.38 bits per heavy atom. The van der Waals surface area contributed by atoms with Crippen LogP contribution in [0.25, 0.3) is 0 Å². The van der Waals surface area contributed by atoms with Crippen molar-refractivity contribution in [2.24, 2.45) is 0 Å². The summed E-state index contributed by atoms with van der Waals surface area (Å²) in [4.78, 5) is 12.6. The van der Waals surface area contributed by atoms with E-state index in [2.05, 4.69) is 0 Å². The maximum atomic E-state index is 13.3. The van der Waals surface area contributed by atoms with Crippen LogP contribution in [0.15, 0.2) is 12.1 Å². The summed E-state index contributed by atoms with van der Waals surface area (Å²) in [6.07, 6.45) is -0.838. The summed E-state index contributed by atoms with van der Waals surface area (Å²) in [5.74, 6) is -1.33. The molecule has 5 heteroatoms. The van der Waals surface area contributed by atoms with E-state index in [0.717, 1.165) is 12.1 Å². The van der Waals surface area contributed by atoms with Crippen molar-refractivity contribution in [2.75, 3.05) is 11.4 Å². The van der Waals surface area contributed by atoms with E-state index >= 15 is 0 Å². The first-order valence-corrected chi connectivity index (χ1v) is 4.93. The number of rotatable bonds is 1. The molecule has 2 rings (SSSR count). The summed E-state index contributed by atoms with van der Waals surface area (Å²) in [5, 5.41) is 0. The Labute approximate surface area is 91.6 Å². The average Bonchev–Trinajstić information content (AvgIpc) is 2.53. The van der Waals surface area contributed by atoms with Crippen LogP contribution in [-0.4, -0.2) is 18.7 Å². The maximum absolute atomic E-state index is 13.3. The smallest absolute Gasteiger partial charge is 0.414 e. The summed E-state index contributed by atoms with van der Waals surface area (Å²) in [6, 6.07) is 2.27. The monoisotopic (exact) mass is 227 g/mol. The quantitative estimate of drug-likeness (QED) is 0.738. The van der Waals surface area contributed by atoms with Crippen LogP contribution in [-0.2, 0) is 4.74 Å². The molecule has 0 bridgehead atoms. The zero-order valence-electron chi connectivity index (χ0n) is 8.96. The zero-order valence-corrected chi connectivity index (χ0v) is 8.96. The molecule has 16 heavy (non-hydrogen) atoms. The van der Waals surface area contributed by atoms with Crippen molar-refractivity contribution in [2.45, 2.75) is 20.0 Å². The number of benzene rings is 1. The fourth-order valence-electron chi connectivity index (χ4n) is 1.60. The third-order valence-corrected chi connectivity index (χ3v) is 2.54. The minimum atomic E-state index is -0.664. The molecule has 1 aromatic rings. The Bertz CT molecular complexity index is 425. The highest BCUT2D eigenvalue weighted by molar-refractivity contribution is 5.89. The molecule has 0 spiro atoms. The van der Waals surface area contributed by atoms with E-state index in [1.54, 1.807) is 6.92 Å². The van der Waals surface area contributed by atoms with Gasteiger partial charge in [0.25, 0.3) is 0 Å². The molecule has 1 fully saturated rings. The molecule has 0 aromatic heterocycles. The zero-order chi connectivity index (χ0) is 11.9. The molecule has 1 aliphatic rings. The molecule has 0 aliphatic carbocycles. The van der Waals surface area contributed by atoms with Gasteiger partial charge in [-0.2, -0.15) is 0 Å². The van der Waals surface area contributed by atoms with Crippen molar-refractivity contribution >= 4 is 11.8 Å². The summed E-state index contributed by atoms with van der Waals surface area (Å²) in [7, 11) is 0. The molecule has 86 valence electrons. The van der Waals surface area contributed by atoms with E-state index in [1.165, 1.54) is 11.8 Å². The fraction of sp³-hybridized carbons (Fsp3) is 0.364. The number of hydrogen-bond acceptors (Lipinski definition) is 2. The van der Waals surface area contributed by atoms with E-state index in [-0.39, 0.29) is 17.4 Å². The van der Waals surface area contributed by atoms with Crippen molar-refractivity contribution in [3.8, 4) is 0 Å². The van der Waals surface area contributed by atoms with Gasteiger partial charge in [0.1, 0.15) is 17.7 Å². The highest BCUT2D eigenvalue weighted by Gasteiger charge is 2.30. The van der Waals surface area contributed by atoms with Gasteiger partial charge in [-0.05, 0) is 26.0 Å². The first-order valence-electron chi connectivity index (χ1n) is 4.93. The van der Waals surface area contributed by atoms with Gasteiger partial charge in [-0.3, -0.25) is 4.90 Å². The van der Waals surface area contributed by atoms with Crippen LogP contribution in [0.5, 0.6) is 0 Å². The lowest BCUT2D eigenvalue weighted by Crippen LogP contribution is -2.24. The topological polar surface area (TPSA) is 29.5 Å². The molecule has 1 aliphatic heterocycles. The third-order valence-electron chi connectivity index (χ3n) is 2.54. The van der Waals surface area contributed by atoms with Crippen LogP contribution < -0.4 is 4.90 Å². The first kappa shape index (κ1) is 10.9. The summed E-state index contributed by atoms with van der Waals surface area (Å²) in [6.45, 7) is 3.37. The predicted octanol–water partition coefficient (Wildman–Crippen LogP) is 2.62. The molecule has 1 saturated heterocycles. The van der Waals surface area contributed by atoms with Gasteiger partial charge in [-0.1, -0.05) is 0 Å². The Balaban J connectivity index is 2.38. The van der Waals surface area contributed by atoms with Crippen LogP contribution in [0.3, 0.4) is 0 Å². The predicted molar refractivity (Wildman–Crippen MR) is 54.4 cm³/mol. The maximum Gasteiger partial charge on any atom is 0.414 e. The number of carbonyl (C=O) groups excluding carboxylic acids is 1. The SMILES string of the molecule is Cc1c(F)cc(N2CC(C)OC2=O)cc1F. The molecular weight excluding hydrogens is 216 g/mol. The molecule has 1 unspecified atom stereocenters. The van der Waals surface area contributed by atoms with Crippen LogP contribution in [0, 0.1) is 18.6 Å². The van der Waals surface area contributed by atoms with Gasteiger partial charge in [-0.25, -0.2) is 13.6 Å². The molecule has 1 amide bonds. The summed E-state index contributed by atoms with van der Waals surface area (Å²) in [5.41, 5.74) is 0.138. The molecule has 0 radical (unpaired) electrons.